The maximum Gasteiger partial charge on any atom is 0.294 e. The molecule has 0 fully saturated rings. The van der Waals surface area contributed by atoms with Gasteiger partial charge in [-0.1, -0.05) is 0 Å². The van der Waals surface area contributed by atoms with Gasteiger partial charge < -0.3 is 23.7 Å². The van der Waals surface area contributed by atoms with Crippen molar-refractivity contribution < 1.29 is 28.1 Å². The summed E-state index contributed by atoms with van der Waals surface area (Å²) in [4.78, 5) is 12.4. The molecule has 6 nitrogen and oxygen atoms in total. The van der Waals surface area contributed by atoms with Crippen molar-refractivity contribution in [1.29, 1.82) is 0 Å². The van der Waals surface area contributed by atoms with Crippen LogP contribution in [0.25, 0.3) is 11.0 Å². The van der Waals surface area contributed by atoms with Crippen LogP contribution in [0.4, 0.5) is 4.39 Å². The summed E-state index contributed by atoms with van der Waals surface area (Å²) in [6, 6.07) is 7.79. The van der Waals surface area contributed by atoms with Crippen molar-refractivity contribution in [3.63, 3.8) is 0 Å². The minimum absolute atomic E-state index is 0.0469. The molecule has 136 valence electrons. The second kappa shape index (κ2) is 6.95. The molecule has 0 amide bonds. The third kappa shape index (κ3) is 3.42. The molecule has 1 aromatic heterocycles. The Kier molecular flexibility index (Phi) is 4.71. The molecule has 2 aromatic carbocycles. The SMILES string of the molecule is COc1c(OC(C)C)cc2oc(Oc3ccc(F)cc3)cc(=O)c2c1O. The predicted molar refractivity (Wildman–Crippen MR) is 92.9 cm³/mol. The fraction of sp³-hybridized carbons (Fsp3) is 0.211. The van der Waals surface area contributed by atoms with E-state index in [9.17, 15) is 14.3 Å². The van der Waals surface area contributed by atoms with Crippen LogP contribution in [0, 0.1) is 5.82 Å². The van der Waals surface area contributed by atoms with Crippen LogP contribution in [0.2, 0.25) is 0 Å². The Morgan fingerprint density at radius 1 is 1.15 bits per heavy atom. The van der Waals surface area contributed by atoms with Gasteiger partial charge in [-0.3, -0.25) is 4.79 Å². The van der Waals surface area contributed by atoms with E-state index in [-0.39, 0.29) is 40.3 Å². The van der Waals surface area contributed by atoms with E-state index in [0.717, 1.165) is 6.07 Å². The summed E-state index contributed by atoms with van der Waals surface area (Å²) >= 11 is 0. The molecule has 0 aliphatic rings. The van der Waals surface area contributed by atoms with Gasteiger partial charge in [0.2, 0.25) is 11.2 Å². The highest BCUT2D eigenvalue weighted by Gasteiger charge is 2.20. The summed E-state index contributed by atoms with van der Waals surface area (Å²) in [5, 5.41) is 10.3. The fourth-order valence-electron chi connectivity index (χ4n) is 2.45. The molecule has 0 aliphatic carbocycles. The van der Waals surface area contributed by atoms with Gasteiger partial charge in [0.05, 0.1) is 19.3 Å². The van der Waals surface area contributed by atoms with Crippen LogP contribution >= 0.6 is 0 Å². The Hall–Kier alpha value is -3.22. The fourth-order valence-corrected chi connectivity index (χ4v) is 2.45. The average Bonchev–Trinajstić information content (AvgIpc) is 2.56. The first-order chi connectivity index (χ1) is 12.4. The van der Waals surface area contributed by atoms with Crippen LogP contribution in [0.3, 0.4) is 0 Å². The molecule has 26 heavy (non-hydrogen) atoms. The zero-order chi connectivity index (χ0) is 18.8. The van der Waals surface area contributed by atoms with Crippen LogP contribution in [-0.4, -0.2) is 18.3 Å². The summed E-state index contributed by atoms with van der Waals surface area (Å²) in [5.41, 5.74) is -0.446. The molecule has 1 N–H and O–H groups in total. The van der Waals surface area contributed by atoms with Gasteiger partial charge in [-0.2, -0.15) is 0 Å². The van der Waals surface area contributed by atoms with E-state index in [1.807, 2.05) is 13.8 Å². The maximum atomic E-state index is 13.0. The van der Waals surface area contributed by atoms with E-state index in [2.05, 4.69) is 0 Å². The second-order valence-electron chi connectivity index (χ2n) is 5.78. The lowest BCUT2D eigenvalue weighted by Crippen LogP contribution is -2.08. The standard InChI is InChI=1S/C19H17FO6/c1-10(2)24-15-9-14-17(18(22)19(15)23-3)13(21)8-16(26-14)25-12-6-4-11(20)5-7-12/h4-10,22H,1-3H3. The Bertz CT molecular complexity index is 992. The highest BCUT2D eigenvalue weighted by Crippen LogP contribution is 2.42. The van der Waals surface area contributed by atoms with Crippen molar-refractivity contribution in [3.8, 4) is 28.9 Å². The van der Waals surface area contributed by atoms with Crippen molar-refractivity contribution in [2.45, 2.75) is 20.0 Å². The molecule has 0 bridgehead atoms. The molecule has 0 saturated carbocycles. The Morgan fingerprint density at radius 2 is 1.85 bits per heavy atom. The number of benzene rings is 2. The van der Waals surface area contributed by atoms with E-state index in [0.29, 0.717) is 5.75 Å². The smallest absolute Gasteiger partial charge is 0.294 e. The van der Waals surface area contributed by atoms with Crippen molar-refractivity contribution in [1.82, 2.24) is 0 Å². The molecule has 1 heterocycles. The number of rotatable bonds is 5. The summed E-state index contributed by atoms with van der Waals surface area (Å²) in [5.74, 6) is -0.313. The summed E-state index contributed by atoms with van der Waals surface area (Å²) < 4.78 is 34.8. The second-order valence-corrected chi connectivity index (χ2v) is 5.78. The number of aromatic hydroxyl groups is 1. The molecule has 3 rings (SSSR count). The Morgan fingerprint density at radius 3 is 2.46 bits per heavy atom. The van der Waals surface area contributed by atoms with Crippen molar-refractivity contribution in [3.05, 3.63) is 52.4 Å². The van der Waals surface area contributed by atoms with E-state index in [4.69, 9.17) is 18.6 Å². The molecule has 0 spiro atoms. The third-order valence-corrected chi connectivity index (χ3v) is 3.49. The molecule has 0 aliphatic heterocycles. The number of hydrogen-bond acceptors (Lipinski definition) is 6. The quantitative estimate of drug-likeness (QED) is 0.734. The zero-order valence-electron chi connectivity index (χ0n) is 14.4. The van der Waals surface area contributed by atoms with Gasteiger partial charge in [-0.25, -0.2) is 4.39 Å². The van der Waals surface area contributed by atoms with Crippen molar-refractivity contribution in [2.24, 2.45) is 0 Å². The van der Waals surface area contributed by atoms with Gasteiger partial charge in [-0.05, 0) is 38.1 Å². The molecule has 0 radical (unpaired) electrons. The molecule has 3 aromatic rings. The Balaban J connectivity index is 2.11. The average molecular weight is 360 g/mol. The van der Waals surface area contributed by atoms with E-state index >= 15 is 0 Å². The number of fused-ring (bicyclic) bond motifs is 1. The van der Waals surface area contributed by atoms with Gasteiger partial charge in [0.15, 0.2) is 11.5 Å². The minimum atomic E-state index is -0.518. The highest BCUT2D eigenvalue weighted by atomic mass is 19.1. The van der Waals surface area contributed by atoms with Crippen molar-refractivity contribution >= 4 is 11.0 Å². The van der Waals surface area contributed by atoms with E-state index < -0.39 is 11.2 Å². The molecule has 0 saturated heterocycles. The number of methoxy groups -OCH3 is 1. The van der Waals surface area contributed by atoms with Gasteiger partial charge >= 0.3 is 0 Å². The topological polar surface area (TPSA) is 78.1 Å². The van der Waals surface area contributed by atoms with Crippen LogP contribution in [-0.2, 0) is 0 Å². The monoisotopic (exact) mass is 360 g/mol. The van der Waals surface area contributed by atoms with Gasteiger partial charge in [0.25, 0.3) is 5.95 Å². The summed E-state index contributed by atoms with van der Waals surface area (Å²) in [6.07, 6.45) is -0.189. The molecule has 0 atom stereocenters. The Labute approximate surface area is 148 Å². The first kappa shape index (κ1) is 17.6. The van der Waals surface area contributed by atoms with Crippen molar-refractivity contribution in [2.75, 3.05) is 7.11 Å². The summed E-state index contributed by atoms with van der Waals surface area (Å²) in [7, 11) is 1.36. The van der Waals surface area contributed by atoms with Crippen LogP contribution in [0.15, 0.2) is 45.6 Å². The van der Waals surface area contributed by atoms with Gasteiger partial charge in [-0.15, -0.1) is 0 Å². The number of phenolic OH excluding ortho intramolecular Hbond substituents is 1. The number of hydrogen-bond donors (Lipinski definition) is 1. The zero-order valence-corrected chi connectivity index (χ0v) is 14.4. The number of ether oxygens (including phenoxy) is 3. The van der Waals surface area contributed by atoms with Gasteiger partial charge in [0.1, 0.15) is 22.5 Å². The van der Waals surface area contributed by atoms with E-state index in [1.165, 1.54) is 37.4 Å². The first-order valence-corrected chi connectivity index (χ1v) is 7.87. The maximum absolute atomic E-state index is 13.0. The molecule has 0 unspecified atom stereocenters. The lowest BCUT2D eigenvalue weighted by Gasteiger charge is -2.15. The lowest BCUT2D eigenvalue weighted by atomic mass is 10.2. The highest BCUT2D eigenvalue weighted by molar-refractivity contribution is 5.88. The molecular formula is C19H17FO6. The normalized spacial score (nSPS) is 11.0. The minimum Gasteiger partial charge on any atom is -0.504 e. The van der Waals surface area contributed by atoms with Crippen LogP contribution in [0.5, 0.6) is 28.9 Å². The summed E-state index contributed by atoms with van der Waals surface area (Å²) in [6.45, 7) is 3.62. The predicted octanol–water partition coefficient (Wildman–Crippen LogP) is 4.23. The lowest BCUT2D eigenvalue weighted by molar-refractivity contribution is 0.227. The number of halogens is 1. The molecular weight excluding hydrogens is 343 g/mol. The van der Waals surface area contributed by atoms with Crippen LogP contribution in [0.1, 0.15) is 13.8 Å². The third-order valence-electron chi connectivity index (χ3n) is 3.49. The van der Waals surface area contributed by atoms with Gasteiger partial charge in [0, 0.05) is 6.07 Å². The van der Waals surface area contributed by atoms with Crippen LogP contribution < -0.4 is 19.6 Å². The largest absolute Gasteiger partial charge is 0.504 e. The first-order valence-electron chi connectivity index (χ1n) is 7.87. The number of phenols is 1. The molecule has 7 heteroatoms. The van der Waals surface area contributed by atoms with E-state index in [1.54, 1.807) is 0 Å².